The molecule has 1 aromatic heterocycles. The maximum Gasteiger partial charge on any atom is 0.211 e. The zero-order valence-corrected chi connectivity index (χ0v) is 14.0. The quantitative estimate of drug-likeness (QED) is 0.547. The van der Waals surface area contributed by atoms with Crippen LogP contribution in [0.1, 0.15) is 0 Å². The van der Waals surface area contributed by atoms with Crippen molar-refractivity contribution in [2.24, 2.45) is 0 Å². The molecule has 2 aromatic carbocycles. The van der Waals surface area contributed by atoms with Crippen molar-refractivity contribution in [3.8, 4) is 34.5 Å². The van der Waals surface area contributed by atoms with Gasteiger partial charge in [-0.2, -0.15) is 0 Å². The van der Waals surface area contributed by atoms with Gasteiger partial charge in [0.05, 0.1) is 28.4 Å². The van der Waals surface area contributed by atoms with Gasteiger partial charge in [-0.05, 0) is 0 Å². The van der Waals surface area contributed by atoms with Gasteiger partial charge in [-0.15, -0.1) is 0 Å². The summed E-state index contributed by atoms with van der Waals surface area (Å²) in [6, 6.07) is 2.99. The van der Waals surface area contributed by atoms with E-state index in [4.69, 9.17) is 23.4 Å². The fourth-order valence-corrected chi connectivity index (χ4v) is 2.73. The number of ether oxygens (including phenoxy) is 4. The Hall–Kier alpha value is -3.29. The number of methoxy groups -OCH3 is 4. The van der Waals surface area contributed by atoms with Crippen LogP contribution in [0.5, 0.6) is 34.5 Å². The highest BCUT2D eigenvalue weighted by molar-refractivity contribution is 6.01. The van der Waals surface area contributed by atoms with Crippen molar-refractivity contribution in [3.63, 3.8) is 0 Å². The molecular weight excluding hydrogens is 332 g/mol. The summed E-state index contributed by atoms with van der Waals surface area (Å²) in [6.45, 7) is 0. The summed E-state index contributed by atoms with van der Waals surface area (Å²) in [5.74, 6) is -0.681. The second-order valence-corrected chi connectivity index (χ2v) is 5.10. The van der Waals surface area contributed by atoms with Crippen molar-refractivity contribution >= 4 is 21.9 Å². The van der Waals surface area contributed by atoms with E-state index in [0.29, 0.717) is 5.75 Å². The molecular formula is C17H16O8. The van der Waals surface area contributed by atoms with Gasteiger partial charge in [0.2, 0.25) is 22.7 Å². The molecule has 0 atom stereocenters. The fraction of sp³-hybridized carbons (Fsp3) is 0.235. The van der Waals surface area contributed by atoms with E-state index in [1.54, 1.807) is 0 Å². The van der Waals surface area contributed by atoms with Crippen molar-refractivity contribution in [2.75, 3.05) is 28.4 Å². The number of phenols is 2. The van der Waals surface area contributed by atoms with Crippen molar-refractivity contribution in [2.45, 2.75) is 0 Å². The van der Waals surface area contributed by atoms with Gasteiger partial charge < -0.3 is 33.6 Å². The topological polar surface area (TPSA) is 108 Å². The van der Waals surface area contributed by atoms with Gasteiger partial charge in [0.15, 0.2) is 11.3 Å². The Morgan fingerprint density at radius 3 is 2.04 bits per heavy atom. The van der Waals surface area contributed by atoms with E-state index in [1.807, 2.05) is 0 Å². The predicted octanol–water partition coefficient (Wildman–Crippen LogP) is 2.39. The predicted molar refractivity (Wildman–Crippen MR) is 89.5 cm³/mol. The smallest absolute Gasteiger partial charge is 0.211 e. The first-order valence-corrected chi connectivity index (χ1v) is 7.16. The molecule has 0 aliphatic carbocycles. The lowest BCUT2D eigenvalue weighted by atomic mass is 10.1. The molecule has 2 N–H and O–H groups in total. The molecule has 3 aromatic rings. The summed E-state index contributed by atoms with van der Waals surface area (Å²) in [5.41, 5.74) is -0.705. The monoisotopic (exact) mass is 348 g/mol. The van der Waals surface area contributed by atoms with Crippen LogP contribution in [-0.2, 0) is 0 Å². The van der Waals surface area contributed by atoms with Crippen molar-refractivity contribution in [3.05, 3.63) is 22.4 Å². The van der Waals surface area contributed by atoms with Crippen LogP contribution in [0.4, 0.5) is 0 Å². The van der Waals surface area contributed by atoms with E-state index >= 15 is 0 Å². The van der Waals surface area contributed by atoms with Crippen LogP contribution in [0, 0.1) is 0 Å². The van der Waals surface area contributed by atoms with E-state index < -0.39 is 16.9 Å². The highest BCUT2D eigenvalue weighted by Crippen LogP contribution is 2.49. The third kappa shape index (κ3) is 2.25. The van der Waals surface area contributed by atoms with Gasteiger partial charge in [-0.3, -0.25) is 4.79 Å². The summed E-state index contributed by atoms with van der Waals surface area (Å²) in [6.07, 6.45) is 0. The molecule has 0 amide bonds. The van der Waals surface area contributed by atoms with Crippen LogP contribution in [0.15, 0.2) is 21.3 Å². The normalized spacial score (nSPS) is 10.9. The third-order valence-electron chi connectivity index (χ3n) is 3.88. The number of hydrogen-bond donors (Lipinski definition) is 2. The standard InChI is InChI=1S/C17H16O8/c1-21-7-5-8(22-2)10-9(6-7)25-15-11(12(10)18)13(19)16(23-3)17(24-4)14(15)20/h5-6,19-20H,1-4H3. The van der Waals surface area contributed by atoms with E-state index in [0.717, 1.165) is 0 Å². The fourth-order valence-electron chi connectivity index (χ4n) is 2.73. The largest absolute Gasteiger partial charge is 0.504 e. The number of benzene rings is 2. The SMILES string of the molecule is COc1cc(OC)c2c(=O)c3c(O)c(OC)c(OC)c(O)c3oc2c1. The minimum absolute atomic E-state index is 0.0951. The zero-order valence-electron chi connectivity index (χ0n) is 14.0. The summed E-state index contributed by atoms with van der Waals surface area (Å²) in [4.78, 5) is 13.0. The second-order valence-electron chi connectivity index (χ2n) is 5.10. The molecule has 8 nitrogen and oxygen atoms in total. The first-order chi connectivity index (χ1) is 12.0. The van der Waals surface area contributed by atoms with Crippen LogP contribution in [0.3, 0.4) is 0 Å². The Kier molecular flexibility index (Phi) is 3.96. The number of fused-ring (bicyclic) bond motifs is 2. The van der Waals surface area contributed by atoms with Gasteiger partial charge >= 0.3 is 0 Å². The molecule has 0 radical (unpaired) electrons. The van der Waals surface area contributed by atoms with E-state index in [2.05, 4.69) is 0 Å². The van der Waals surface area contributed by atoms with Crippen molar-refractivity contribution < 1.29 is 33.6 Å². The molecule has 0 aliphatic heterocycles. The lowest BCUT2D eigenvalue weighted by Crippen LogP contribution is -2.06. The minimum atomic E-state index is -0.593. The third-order valence-corrected chi connectivity index (χ3v) is 3.88. The highest BCUT2D eigenvalue weighted by atomic mass is 16.5. The van der Waals surface area contributed by atoms with Crippen LogP contribution >= 0.6 is 0 Å². The van der Waals surface area contributed by atoms with Gasteiger partial charge in [0.1, 0.15) is 27.9 Å². The maximum absolute atomic E-state index is 13.0. The zero-order chi connectivity index (χ0) is 18.3. The van der Waals surface area contributed by atoms with Crippen LogP contribution in [-0.4, -0.2) is 38.7 Å². The number of aromatic hydroxyl groups is 2. The van der Waals surface area contributed by atoms with E-state index in [-0.39, 0.29) is 39.2 Å². The summed E-state index contributed by atoms with van der Waals surface area (Å²) in [5, 5.41) is 20.7. The number of rotatable bonds is 4. The highest BCUT2D eigenvalue weighted by Gasteiger charge is 2.26. The molecule has 3 rings (SSSR count). The molecule has 1 heterocycles. The van der Waals surface area contributed by atoms with Crippen molar-refractivity contribution in [1.29, 1.82) is 0 Å². The lowest BCUT2D eigenvalue weighted by molar-refractivity contribution is 0.318. The van der Waals surface area contributed by atoms with Gasteiger partial charge in [-0.25, -0.2) is 0 Å². The average molecular weight is 348 g/mol. The van der Waals surface area contributed by atoms with Gasteiger partial charge in [0, 0.05) is 12.1 Å². The van der Waals surface area contributed by atoms with E-state index in [9.17, 15) is 15.0 Å². The Balaban J connectivity index is 2.61. The molecule has 132 valence electrons. The van der Waals surface area contributed by atoms with E-state index in [1.165, 1.54) is 40.6 Å². The molecule has 0 unspecified atom stereocenters. The minimum Gasteiger partial charge on any atom is -0.504 e. The van der Waals surface area contributed by atoms with Gasteiger partial charge in [-0.1, -0.05) is 0 Å². The van der Waals surface area contributed by atoms with Crippen LogP contribution in [0.2, 0.25) is 0 Å². The molecule has 0 spiro atoms. The molecule has 0 fully saturated rings. The second kappa shape index (κ2) is 5.97. The Labute approximate surface area is 141 Å². The molecule has 0 aliphatic rings. The summed E-state index contributed by atoms with van der Waals surface area (Å²) in [7, 11) is 5.41. The average Bonchev–Trinajstić information content (AvgIpc) is 2.62. The Bertz CT molecular complexity index is 1030. The number of hydrogen-bond acceptors (Lipinski definition) is 8. The molecule has 8 heteroatoms. The first-order valence-electron chi connectivity index (χ1n) is 7.16. The molecule has 0 saturated carbocycles. The Morgan fingerprint density at radius 2 is 1.48 bits per heavy atom. The van der Waals surface area contributed by atoms with Gasteiger partial charge in [0.25, 0.3) is 0 Å². The summed E-state index contributed by atoms with van der Waals surface area (Å²) < 4.78 is 26.1. The lowest BCUT2D eigenvalue weighted by Gasteiger charge is -2.14. The number of phenolic OH excluding ortho intramolecular Hbond substituents is 2. The molecule has 0 bridgehead atoms. The summed E-state index contributed by atoms with van der Waals surface area (Å²) >= 11 is 0. The van der Waals surface area contributed by atoms with Crippen molar-refractivity contribution in [1.82, 2.24) is 0 Å². The van der Waals surface area contributed by atoms with Crippen LogP contribution < -0.4 is 24.4 Å². The maximum atomic E-state index is 13.0. The first kappa shape index (κ1) is 16.6. The molecule has 0 saturated heterocycles. The van der Waals surface area contributed by atoms with Crippen LogP contribution in [0.25, 0.3) is 21.9 Å². The molecule has 25 heavy (non-hydrogen) atoms. The Morgan fingerprint density at radius 1 is 0.840 bits per heavy atom.